The molecule has 1 aromatic carbocycles. The lowest BCUT2D eigenvalue weighted by atomic mass is 10.0. The highest BCUT2D eigenvalue weighted by molar-refractivity contribution is 6.09. The zero-order valence-electron chi connectivity index (χ0n) is 10.3. The van der Waals surface area contributed by atoms with Gasteiger partial charge in [-0.2, -0.15) is 0 Å². The number of para-hydroxylation sites is 1. The van der Waals surface area contributed by atoms with Crippen molar-refractivity contribution in [2.24, 2.45) is 0 Å². The minimum absolute atomic E-state index is 0.116. The second kappa shape index (κ2) is 3.61. The highest BCUT2D eigenvalue weighted by atomic mass is 16.1. The van der Waals surface area contributed by atoms with E-state index in [1.807, 2.05) is 0 Å². The van der Waals surface area contributed by atoms with Gasteiger partial charge in [0.2, 0.25) is 0 Å². The van der Waals surface area contributed by atoms with Crippen LogP contribution in [0.4, 0.5) is 0 Å². The third kappa shape index (κ3) is 1.22. The number of hydrogen-bond donors (Lipinski definition) is 1. The minimum atomic E-state index is 0.116. The lowest BCUT2D eigenvalue weighted by Crippen LogP contribution is -2.22. The molecule has 2 aliphatic heterocycles. The van der Waals surface area contributed by atoms with Crippen LogP contribution in [0.5, 0.6) is 0 Å². The first-order valence-electron chi connectivity index (χ1n) is 6.77. The van der Waals surface area contributed by atoms with Crippen LogP contribution in [0.15, 0.2) is 18.2 Å². The predicted octanol–water partition coefficient (Wildman–Crippen LogP) is 2.26. The molecule has 0 radical (unpaired) electrons. The number of carbonyl (C=O) groups is 1. The molecule has 1 aromatic heterocycles. The first kappa shape index (κ1) is 10.2. The smallest absolute Gasteiger partial charge is 0.253 e. The van der Waals surface area contributed by atoms with Gasteiger partial charge < -0.3 is 9.88 Å². The van der Waals surface area contributed by atoms with Crippen LogP contribution in [-0.2, 0) is 19.4 Å². The van der Waals surface area contributed by atoms with Crippen LogP contribution in [0.1, 0.15) is 34.5 Å². The maximum absolute atomic E-state index is 12.3. The highest BCUT2D eigenvalue weighted by Crippen LogP contribution is 2.34. The maximum atomic E-state index is 12.3. The molecule has 3 nitrogen and oxygen atoms in total. The zero-order valence-corrected chi connectivity index (χ0v) is 10.3. The van der Waals surface area contributed by atoms with Crippen molar-refractivity contribution < 1.29 is 4.79 Å². The molecule has 4 rings (SSSR count). The van der Waals surface area contributed by atoms with Gasteiger partial charge in [-0.25, -0.2) is 0 Å². The van der Waals surface area contributed by atoms with Crippen molar-refractivity contribution in [3.05, 3.63) is 35.0 Å². The molecule has 1 amide bonds. The molecule has 0 fully saturated rings. The predicted molar refractivity (Wildman–Crippen MR) is 70.9 cm³/mol. The zero-order chi connectivity index (χ0) is 12.1. The molecule has 0 atom stereocenters. The van der Waals surface area contributed by atoms with Crippen LogP contribution < -0.4 is 5.32 Å². The number of amides is 1. The summed E-state index contributed by atoms with van der Waals surface area (Å²) in [6.45, 7) is 1.87. The molecule has 3 heterocycles. The number of fused-ring (bicyclic) bond motifs is 3. The van der Waals surface area contributed by atoms with E-state index in [2.05, 4.69) is 28.1 Å². The van der Waals surface area contributed by atoms with E-state index in [1.54, 1.807) is 0 Å². The number of aromatic nitrogens is 1. The average Bonchev–Trinajstić information content (AvgIpc) is 2.59. The summed E-state index contributed by atoms with van der Waals surface area (Å²) in [7, 11) is 0. The Hall–Kier alpha value is -1.77. The van der Waals surface area contributed by atoms with E-state index in [9.17, 15) is 4.79 Å². The van der Waals surface area contributed by atoms with Crippen LogP contribution in [0.2, 0.25) is 0 Å². The Kier molecular flexibility index (Phi) is 2.04. The molecular weight excluding hydrogens is 224 g/mol. The van der Waals surface area contributed by atoms with Crippen LogP contribution in [-0.4, -0.2) is 17.0 Å². The third-order valence-corrected chi connectivity index (χ3v) is 4.20. The monoisotopic (exact) mass is 240 g/mol. The number of nitrogens with zero attached hydrogens (tertiary/aromatic N) is 1. The van der Waals surface area contributed by atoms with Crippen molar-refractivity contribution in [2.45, 2.75) is 32.2 Å². The minimum Gasteiger partial charge on any atom is -0.352 e. The van der Waals surface area contributed by atoms with Gasteiger partial charge in [-0.3, -0.25) is 4.79 Å². The second-order valence-electron chi connectivity index (χ2n) is 5.25. The Morgan fingerprint density at radius 1 is 1.17 bits per heavy atom. The molecule has 92 valence electrons. The summed E-state index contributed by atoms with van der Waals surface area (Å²) >= 11 is 0. The summed E-state index contributed by atoms with van der Waals surface area (Å²) in [5.41, 5.74) is 4.91. The standard InChI is InChI=1S/C15H16N2O/c18-15-13-11-6-1-4-10-5-3-9-17(14(10)11)12(13)7-2-8-16-15/h1,4,6H,2-3,5,7-9H2,(H,16,18). The van der Waals surface area contributed by atoms with Crippen molar-refractivity contribution >= 4 is 16.8 Å². The van der Waals surface area contributed by atoms with E-state index in [4.69, 9.17) is 0 Å². The van der Waals surface area contributed by atoms with E-state index >= 15 is 0 Å². The quantitative estimate of drug-likeness (QED) is 0.753. The second-order valence-corrected chi connectivity index (χ2v) is 5.25. The number of benzene rings is 1. The fourth-order valence-electron chi connectivity index (χ4n) is 3.47. The van der Waals surface area contributed by atoms with Gasteiger partial charge >= 0.3 is 0 Å². The van der Waals surface area contributed by atoms with E-state index in [0.717, 1.165) is 43.3 Å². The van der Waals surface area contributed by atoms with Gasteiger partial charge in [-0.05, 0) is 31.2 Å². The van der Waals surface area contributed by atoms with Gasteiger partial charge in [0, 0.05) is 24.2 Å². The summed E-state index contributed by atoms with van der Waals surface area (Å²) in [4.78, 5) is 12.3. The molecule has 3 heteroatoms. The van der Waals surface area contributed by atoms with Crippen LogP contribution in [0, 0.1) is 0 Å². The Balaban J connectivity index is 2.14. The number of rotatable bonds is 0. The summed E-state index contributed by atoms with van der Waals surface area (Å²) in [6, 6.07) is 6.39. The first-order chi connectivity index (χ1) is 8.86. The molecule has 18 heavy (non-hydrogen) atoms. The molecule has 1 N–H and O–H groups in total. The van der Waals surface area contributed by atoms with Crippen LogP contribution in [0.3, 0.4) is 0 Å². The topological polar surface area (TPSA) is 34.0 Å². The van der Waals surface area contributed by atoms with E-state index < -0.39 is 0 Å². The fourth-order valence-corrected chi connectivity index (χ4v) is 3.47. The van der Waals surface area contributed by atoms with Crippen LogP contribution >= 0.6 is 0 Å². The molecule has 0 aliphatic carbocycles. The molecular formula is C15H16N2O. The first-order valence-corrected chi connectivity index (χ1v) is 6.77. The van der Waals surface area contributed by atoms with Gasteiger partial charge in [0.1, 0.15) is 0 Å². The van der Waals surface area contributed by atoms with E-state index in [1.165, 1.54) is 23.2 Å². The van der Waals surface area contributed by atoms with Crippen molar-refractivity contribution in [2.75, 3.05) is 6.54 Å². The Morgan fingerprint density at radius 3 is 3.06 bits per heavy atom. The van der Waals surface area contributed by atoms with Gasteiger partial charge in [-0.15, -0.1) is 0 Å². The Morgan fingerprint density at radius 2 is 2.11 bits per heavy atom. The van der Waals surface area contributed by atoms with Crippen LogP contribution in [0.25, 0.3) is 10.9 Å². The number of carbonyl (C=O) groups excluding carboxylic acids is 1. The number of hydrogen-bond acceptors (Lipinski definition) is 1. The molecule has 2 aromatic rings. The molecule has 0 bridgehead atoms. The summed E-state index contributed by atoms with van der Waals surface area (Å²) in [5, 5.41) is 4.17. The number of nitrogens with one attached hydrogen (secondary N) is 1. The molecule has 0 saturated carbocycles. The van der Waals surface area contributed by atoms with Gasteiger partial charge in [-0.1, -0.05) is 18.2 Å². The van der Waals surface area contributed by atoms with Crippen molar-refractivity contribution in [3.8, 4) is 0 Å². The largest absolute Gasteiger partial charge is 0.352 e. The molecule has 0 unspecified atom stereocenters. The maximum Gasteiger partial charge on any atom is 0.253 e. The lowest BCUT2D eigenvalue weighted by molar-refractivity contribution is 0.0957. The number of aryl methyl sites for hydroxylation is 2. The SMILES string of the molecule is O=C1NCCCc2c1c1cccc3c1n2CCC3. The summed E-state index contributed by atoms with van der Waals surface area (Å²) in [5.74, 6) is 0.116. The summed E-state index contributed by atoms with van der Waals surface area (Å²) in [6.07, 6.45) is 4.39. The fraction of sp³-hybridized carbons (Fsp3) is 0.400. The van der Waals surface area contributed by atoms with Gasteiger partial charge in [0.05, 0.1) is 11.1 Å². The summed E-state index contributed by atoms with van der Waals surface area (Å²) < 4.78 is 2.40. The van der Waals surface area contributed by atoms with Crippen molar-refractivity contribution in [1.82, 2.24) is 9.88 Å². The van der Waals surface area contributed by atoms with Crippen molar-refractivity contribution in [3.63, 3.8) is 0 Å². The van der Waals surface area contributed by atoms with Crippen molar-refractivity contribution in [1.29, 1.82) is 0 Å². The van der Waals surface area contributed by atoms with Gasteiger partial charge in [0.25, 0.3) is 5.91 Å². The Labute approximate surface area is 106 Å². The van der Waals surface area contributed by atoms with E-state index in [-0.39, 0.29) is 5.91 Å². The molecule has 0 spiro atoms. The molecule has 0 saturated heterocycles. The Bertz CT molecular complexity index is 654. The highest BCUT2D eigenvalue weighted by Gasteiger charge is 2.26. The third-order valence-electron chi connectivity index (χ3n) is 4.20. The normalized spacial score (nSPS) is 18.3. The van der Waals surface area contributed by atoms with Gasteiger partial charge in [0.15, 0.2) is 0 Å². The van der Waals surface area contributed by atoms with E-state index in [0.29, 0.717) is 0 Å². The lowest BCUT2D eigenvalue weighted by Gasteiger charge is -2.17. The molecule has 2 aliphatic rings. The average molecular weight is 240 g/mol.